The monoisotopic (exact) mass is 451 g/mol. The SMILES string of the molecule is COc1cccnc1N1CCN(C(=O)NCCC2CCN(Cc3ccccc3)CC2)[C@H](C)C1. The van der Waals surface area contributed by atoms with Crippen LogP contribution in [-0.4, -0.2) is 73.2 Å². The van der Waals surface area contributed by atoms with Crippen molar-refractivity contribution < 1.29 is 9.53 Å². The molecule has 2 amide bonds. The Morgan fingerprint density at radius 1 is 1.09 bits per heavy atom. The maximum atomic E-state index is 12.8. The minimum absolute atomic E-state index is 0.0525. The highest BCUT2D eigenvalue weighted by atomic mass is 16.5. The summed E-state index contributed by atoms with van der Waals surface area (Å²) in [6.45, 7) is 8.37. The summed E-state index contributed by atoms with van der Waals surface area (Å²) < 4.78 is 5.45. The van der Waals surface area contributed by atoms with Crippen molar-refractivity contribution in [3.8, 4) is 5.75 Å². The van der Waals surface area contributed by atoms with Gasteiger partial charge in [-0.25, -0.2) is 9.78 Å². The average Bonchev–Trinajstić information content (AvgIpc) is 2.85. The van der Waals surface area contributed by atoms with Gasteiger partial charge < -0.3 is 19.9 Å². The lowest BCUT2D eigenvalue weighted by molar-refractivity contribution is 0.162. The van der Waals surface area contributed by atoms with Crippen molar-refractivity contribution in [1.29, 1.82) is 0 Å². The zero-order chi connectivity index (χ0) is 23.0. The number of piperazine rings is 1. The van der Waals surface area contributed by atoms with E-state index in [1.807, 2.05) is 17.0 Å². The molecule has 3 heterocycles. The molecule has 2 aliphatic heterocycles. The molecule has 2 aliphatic rings. The van der Waals surface area contributed by atoms with Crippen LogP contribution in [0, 0.1) is 5.92 Å². The number of likely N-dealkylation sites (tertiary alicyclic amines) is 1. The summed E-state index contributed by atoms with van der Waals surface area (Å²) in [5.74, 6) is 2.33. The third-order valence-electron chi connectivity index (χ3n) is 6.94. The molecule has 1 atom stereocenters. The number of nitrogens with zero attached hydrogens (tertiary/aromatic N) is 4. The number of urea groups is 1. The molecule has 0 unspecified atom stereocenters. The van der Waals surface area contributed by atoms with Crippen LogP contribution >= 0.6 is 0 Å². The van der Waals surface area contributed by atoms with E-state index in [1.165, 1.54) is 18.4 Å². The van der Waals surface area contributed by atoms with Crippen LogP contribution in [0.15, 0.2) is 48.7 Å². The van der Waals surface area contributed by atoms with Gasteiger partial charge in [0, 0.05) is 45.0 Å². The Bertz CT molecular complexity index is 885. The molecule has 2 aromatic rings. The van der Waals surface area contributed by atoms with Crippen LogP contribution in [0.2, 0.25) is 0 Å². The summed E-state index contributed by atoms with van der Waals surface area (Å²) in [7, 11) is 1.67. The van der Waals surface area contributed by atoms with Crippen LogP contribution in [0.3, 0.4) is 0 Å². The zero-order valence-electron chi connectivity index (χ0n) is 19.9. The highest BCUT2D eigenvalue weighted by molar-refractivity contribution is 5.75. The molecule has 0 spiro atoms. The molecule has 33 heavy (non-hydrogen) atoms. The molecule has 0 aliphatic carbocycles. The fourth-order valence-electron chi connectivity index (χ4n) is 4.99. The Morgan fingerprint density at radius 2 is 1.88 bits per heavy atom. The molecular weight excluding hydrogens is 414 g/mol. The number of carbonyl (C=O) groups is 1. The first-order chi connectivity index (χ1) is 16.1. The smallest absolute Gasteiger partial charge is 0.317 e. The summed E-state index contributed by atoms with van der Waals surface area (Å²) in [4.78, 5) is 24.0. The summed E-state index contributed by atoms with van der Waals surface area (Å²) >= 11 is 0. The molecule has 2 fully saturated rings. The molecule has 0 bridgehead atoms. The van der Waals surface area contributed by atoms with E-state index in [1.54, 1.807) is 13.3 Å². The second-order valence-corrected chi connectivity index (χ2v) is 9.24. The lowest BCUT2D eigenvalue weighted by atomic mass is 9.93. The van der Waals surface area contributed by atoms with E-state index in [2.05, 4.69) is 57.4 Å². The fraction of sp³-hybridized carbons (Fsp3) is 0.538. The van der Waals surface area contributed by atoms with Gasteiger partial charge in [-0.2, -0.15) is 0 Å². The van der Waals surface area contributed by atoms with Crippen LogP contribution in [0.25, 0.3) is 0 Å². The molecule has 7 nitrogen and oxygen atoms in total. The summed E-state index contributed by atoms with van der Waals surface area (Å²) in [5.41, 5.74) is 1.39. The van der Waals surface area contributed by atoms with Crippen molar-refractivity contribution in [3.63, 3.8) is 0 Å². The van der Waals surface area contributed by atoms with E-state index in [9.17, 15) is 4.79 Å². The number of pyridine rings is 1. The number of anilines is 1. The first-order valence-corrected chi connectivity index (χ1v) is 12.2. The number of aromatic nitrogens is 1. The van der Waals surface area contributed by atoms with Gasteiger partial charge in [-0.05, 0) is 62.9 Å². The minimum atomic E-state index is 0.0525. The quantitative estimate of drug-likeness (QED) is 0.697. The van der Waals surface area contributed by atoms with Crippen molar-refractivity contribution in [2.24, 2.45) is 5.92 Å². The number of hydrogen-bond acceptors (Lipinski definition) is 5. The number of piperidine rings is 1. The van der Waals surface area contributed by atoms with Gasteiger partial charge in [0.1, 0.15) is 0 Å². The molecular formula is C26H37N5O2. The van der Waals surface area contributed by atoms with Crippen LogP contribution in [0.1, 0.15) is 31.7 Å². The van der Waals surface area contributed by atoms with Gasteiger partial charge in [0.2, 0.25) is 0 Å². The second kappa shape index (κ2) is 11.4. The predicted octanol–water partition coefficient (Wildman–Crippen LogP) is 3.61. The fourth-order valence-corrected chi connectivity index (χ4v) is 4.99. The topological polar surface area (TPSA) is 60.9 Å². The van der Waals surface area contributed by atoms with Gasteiger partial charge in [0.25, 0.3) is 0 Å². The van der Waals surface area contributed by atoms with E-state index in [4.69, 9.17) is 4.74 Å². The van der Waals surface area contributed by atoms with Gasteiger partial charge in [0.05, 0.1) is 7.11 Å². The number of methoxy groups -OCH3 is 1. The number of ether oxygens (including phenoxy) is 1. The molecule has 0 radical (unpaired) electrons. The van der Waals surface area contributed by atoms with Gasteiger partial charge in [-0.1, -0.05) is 30.3 Å². The predicted molar refractivity (Wildman–Crippen MR) is 132 cm³/mol. The van der Waals surface area contributed by atoms with Crippen LogP contribution in [0.5, 0.6) is 5.75 Å². The van der Waals surface area contributed by atoms with Crippen molar-refractivity contribution in [2.75, 3.05) is 51.3 Å². The van der Waals surface area contributed by atoms with E-state index in [0.717, 1.165) is 57.3 Å². The molecule has 4 rings (SSSR count). The molecule has 1 aromatic carbocycles. The maximum absolute atomic E-state index is 12.8. The van der Waals surface area contributed by atoms with Crippen molar-refractivity contribution in [1.82, 2.24) is 20.1 Å². The first kappa shape index (κ1) is 23.4. The number of nitrogens with one attached hydrogen (secondary N) is 1. The molecule has 178 valence electrons. The maximum Gasteiger partial charge on any atom is 0.317 e. The van der Waals surface area contributed by atoms with Gasteiger partial charge >= 0.3 is 6.03 Å². The highest BCUT2D eigenvalue weighted by Gasteiger charge is 2.29. The van der Waals surface area contributed by atoms with Crippen LogP contribution < -0.4 is 15.0 Å². The lowest BCUT2D eigenvalue weighted by Gasteiger charge is -2.40. The Hall–Kier alpha value is -2.80. The Morgan fingerprint density at radius 3 is 2.61 bits per heavy atom. The number of rotatable bonds is 7. The number of benzene rings is 1. The van der Waals surface area contributed by atoms with Crippen molar-refractivity contribution in [3.05, 3.63) is 54.2 Å². The largest absolute Gasteiger partial charge is 0.493 e. The highest BCUT2D eigenvalue weighted by Crippen LogP contribution is 2.27. The molecule has 7 heteroatoms. The number of amides is 2. The second-order valence-electron chi connectivity index (χ2n) is 9.24. The van der Waals surface area contributed by atoms with Crippen LogP contribution in [0.4, 0.5) is 10.6 Å². The minimum Gasteiger partial charge on any atom is -0.493 e. The van der Waals surface area contributed by atoms with Crippen molar-refractivity contribution >= 4 is 11.8 Å². The van der Waals surface area contributed by atoms with Crippen LogP contribution in [-0.2, 0) is 6.54 Å². The van der Waals surface area contributed by atoms with E-state index < -0.39 is 0 Å². The van der Waals surface area contributed by atoms with Crippen molar-refractivity contribution in [2.45, 2.75) is 38.8 Å². The Labute approximate surface area is 197 Å². The summed E-state index contributed by atoms with van der Waals surface area (Å²) in [6, 6.07) is 14.7. The molecule has 0 saturated carbocycles. The molecule has 1 N–H and O–H groups in total. The standard InChI is InChI=1S/C26H37N5O2/c1-21-19-30(25-24(33-2)9-6-13-27-25)17-18-31(21)26(32)28-14-10-22-11-15-29(16-12-22)20-23-7-4-3-5-8-23/h3-9,13,21-22H,10-12,14-20H2,1-2H3,(H,28,32)/t21-/m1/s1. The molecule has 1 aromatic heterocycles. The van der Waals surface area contributed by atoms with Gasteiger partial charge in [-0.3, -0.25) is 4.90 Å². The Balaban J connectivity index is 1.16. The Kier molecular flexibility index (Phi) is 8.05. The average molecular weight is 452 g/mol. The van der Waals surface area contributed by atoms with Gasteiger partial charge in [0.15, 0.2) is 11.6 Å². The third-order valence-corrected chi connectivity index (χ3v) is 6.94. The third kappa shape index (κ3) is 6.16. The van der Waals surface area contributed by atoms with E-state index in [-0.39, 0.29) is 12.1 Å². The van der Waals surface area contributed by atoms with E-state index in [0.29, 0.717) is 12.5 Å². The number of carbonyl (C=O) groups excluding carboxylic acids is 1. The lowest BCUT2D eigenvalue weighted by Crippen LogP contribution is -2.57. The normalized spacial score (nSPS) is 20.0. The van der Waals surface area contributed by atoms with E-state index >= 15 is 0 Å². The zero-order valence-corrected chi connectivity index (χ0v) is 19.9. The van der Waals surface area contributed by atoms with Gasteiger partial charge in [-0.15, -0.1) is 0 Å². The first-order valence-electron chi connectivity index (χ1n) is 12.2. The summed E-state index contributed by atoms with van der Waals surface area (Å²) in [6.07, 6.45) is 5.27. The molecule has 2 saturated heterocycles. The number of hydrogen-bond donors (Lipinski definition) is 1. The summed E-state index contributed by atoms with van der Waals surface area (Å²) in [5, 5.41) is 3.17.